The molecule has 0 atom stereocenters. The van der Waals surface area contributed by atoms with Crippen LogP contribution in [0.3, 0.4) is 0 Å². The quantitative estimate of drug-likeness (QED) is 0.827. The van der Waals surface area contributed by atoms with E-state index in [0.29, 0.717) is 9.99 Å². The Hall–Kier alpha value is -2.67. The van der Waals surface area contributed by atoms with Crippen molar-refractivity contribution in [3.8, 4) is 0 Å². The number of benzene rings is 2. The van der Waals surface area contributed by atoms with E-state index in [4.69, 9.17) is 0 Å². The van der Waals surface area contributed by atoms with Crippen molar-refractivity contribution in [3.63, 3.8) is 0 Å². The Kier molecular flexibility index (Phi) is 4.36. The molecule has 2 aromatic rings. The van der Waals surface area contributed by atoms with Crippen LogP contribution in [0.1, 0.15) is 19.4 Å². The number of fused-ring (bicyclic) bond motifs is 1. The predicted octanol–water partition coefficient (Wildman–Crippen LogP) is 2.79. The number of hydrogen-bond donors (Lipinski definition) is 0. The van der Waals surface area contributed by atoms with Crippen molar-refractivity contribution < 1.29 is 18.0 Å². The fourth-order valence-electron chi connectivity index (χ4n) is 2.94. The summed E-state index contributed by atoms with van der Waals surface area (Å²) < 4.78 is 26.4. The highest BCUT2D eigenvalue weighted by atomic mass is 32.2. The minimum absolute atomic E-state index is 0.0208. The number of carbonyl (C=O) groups is 2. The van der Waals surface area contributed by atoms with Crippen molar-refractivity contribution in [1.82, 2.24) is 4.31 Å². The number of carbonyl (C=O) groups excluding carboxylic acids is 2. The third kappa shape index (κ3) is 2.78. The second-order valence-electron chi connectivity index (χ2n) is 6.74. The van der Waals surface area contributed by atoms with Crippen molar-refractivity contribution >= 4 is 27.5 Å². The second kappa shape index (κ2) is 6.25. The zero-order valence-corrected chi connectivity index (χ0v) is 15.7. The molecule has 0 N–H and O–H groups in total. The van der Waals surface area contributed by atoms with Crippen LogP contribution in [0.2, 0.25) is 0 Å². The summed E-state index contributed by atoms with van der Waals surface area (Å²) in [7, 11) is -2.59. The van der Waals surface area contributed by atoms with Crippen LogP contribution < -0.4 is 4.90 Å². The van der Waals surface area contributed by atoms with Crippen molar-refractivity contribution in [2.45, 2.75) is 24.2 Å². The van der Waals surface area contributed by atoms with E-state index < -0.39 is 28.0 Å². The van der Waals surface area contributed by atoms with E-state index in [9.17, 15) is 18.0 Å². The highest BCUT2D eigenvalue weighted by molar-refractivity contribution is 7.90. The van der Waals surface area contributed by atoms with Crippen LogP contribution >= 0.6 is 0 Å². The minimum atomic E-state index is -4.08. The summed E-state index contributed by atoms with van der Waals surface area (Å²) in [5.74, 6) is -0.353. The number of ketones is 1. The lowest BCUT2D eigenvalue weighted by Crippen LogP contribution is -2.52. The van der Waals surface area contributed by atoms with E-state index in [1.54, 1.807) is 32.0 Å². The van der Waals surface area contributed by atoms with Gasteiger partial charge in [0, 0.05) is 7.05 Å². The molecule has 0 unspecified atom stereocenters. The van der Waals surface area contributed by atoms with Gasteiger partial charge in [0.15, 0.2) is 5.78 Å². The summed E-state index contributed by atoms with van der Waals surface area (Å²) in [5.41, 5.74) is 0.149. The fraction of sp³-hybridized carbons (Fsp3) is 0.263. The summed E-state index contributed by atoms with van der Waals surface area (Å²) in [5, 5.41) is 0. The van der Waals surface area contributed by atoms with Crippen molar-refractivity contribution in [2.24, 2.45) is 0 Å². The molecule has 0 saturated heterocycles. The van der Waals surface area contributed by atoms with Gasteiger partial charge in [0.1, 0.15) is 4.90 Å². The number of amides is 2. The Morgan fingerprint density at radius 3 is 2.23 bits per heavy atom. The number of para-hydroxylation sites is 1. The number of anilines is 1. The molecule has 7 heteroatoms. The molecule has 0 saturated carbocycles. The molecule has 0 spiro atoms. The van der Waals surface area contributed by atoms with Crippen LogP contribution in [-0.2, 0) is 20.2 Å². The highest BCUT2D eigenvalue weighted by Crippen LogP contribution is 2.34. The van der Waals surface area contributed by atoms with Gasteiger partial charge in [-0.05, 0) is 31.5 Å². The molecule has 1 aliphatic rings. The first-order chi connectivity index (χ1) is 12.2. The summed E-state index contributed by atoms with van der Waals surface area (Å²) in [6, 6.07) is 14.6. The van der Waals surface area contributed by atoms with Crippen LogP contribution in [-0.4, -0.2) is 38.1 Å². The molecule has 0 aliphatic carbocycles. The first-order valence-corrected chi connectivity index (χ1v) is 9.59. The van der Waals surface area contributed by atoms with Gasteiger partial charge in [0.25, 0.3) is 10.0 Å². The van der Waals surface area contributed by atoms with Crippen LogP contribution in [0.4, 0.5) is 10.5 Å². The molecular weight excluding hydrogens is 352 g/mol. The van der Waals surface area contributed by atoms with E-state index in [1.165, 1.54) is 18.0 Å². The molecular formula is C19H20N2O4S. The SMILES string of the molecule is CN1C(=O)N(CC(=O)C(C)(C)c2ccccc2)S(=O)(=O)c2ccccc21. The number of hydrogen-bond acceptors (Lipinski definition) is 4. The number of sulfonamides is 1. The van der Waals surface area contributed by atoms with E-state index in [1.807, 2.05) is 30.3 Å². The fourth-order valence-corrected chi connectivity index (χ4v) is 4.51. The molecule has 0 radical (unpaired) electrons. The van der Waals surface area contributed by atoms with Crippen molar-refractivity contribution in [3.05, 3.63) is 60.2 Å². The molecule has 0 fully saturated rings. The van der Waals surface area contributed by atoms with Gasteiger partial charge in [-0.1, -0.05) is 42.5 Å². The molecule has 6 nitrogen and oxygen atoms in total. The predicted molar refractivity (Wildman–Crippen MR) is 98.6 cm³/mol. The molecule has 2 amide bonds. The third-order valence-electron chi connectivity index (χ3n) is 4.77. The standard InChI is InChI=1S/C19H20N2O4S/c1-19(2,14-9-5-4-6-10-14)17(22)13-21-18(23)20(3)15-11-7-8-12-16(15)26(21,24)25/h4-12H,13H2,1-3H3. The topological polar surface area (TPSA) is 74.8 Å². The lowest BCUT2D eigenvalue weighted by atomic mass is 9.80. The van der Waals surface area contributed by atoms with E-state index in [0.717, 1.165) is 5.56 Å². The van der Waals surface area contributed by atoms with E-state index in [2.05, 4.69) is 0 Å². The molecule has 26 heavy (non-hydrogen) atoms. The molecule has 2 aromatic carbocycles. The Labute approximate surface area is 153 Å². The number of urea groups is 1. The largest absolute Gasteiger partial charge is 0.338 e. The van der Waals surface area contributed by atoms with Gasteiger partial charge in [-0.3, -0.25) is 9.69 Å². The lowest BCUT2D eigenvalue weighted by Gasteiger charge is -2.35. The van der Waals surface area contributed by atoms with Gasteiger partial charge in [-0.2, -0.15) is 0 Å². The average Bonchev–Trinajstić information content (AvgIpc) is 2.64. The van der Waals surface area contributed by atoms with Gasteiger partial charge in [0.2, 0.25) is 0 Å². The Morgan fingerprint density at radius 1 is 1.00 bits per heavy atom. The molecule has 0 aromatic heterocycles. The zero-order valence-electron chi connectivity index (χ0n) is 14.8. The van der Waals surface area contributed by atoms with Gasteiger partial charge in [-0.15, -0.1) is 0 Å². The Bertz CT molecular complexity index is 968. The average molecular weight is 372 g/mol. The first kappa shape index (κ1) is 18.1. The van der Waals surface area contributed by atoms with Gasteiger partial charge >= 0.3 is 6.03 Å². The van der Waals surface area contributed by atoms with Gasteiger partial charge in [-0.25, -0.2) is 17.5 Å². The summed E-state index contributed by atoms with van der Waals surface area (Å²) in [6.45, 7) is 2.94. The molecule has 3 rings (SSSR count). The highest BCUT2D eigenvalue weighted by Gasteiger charge is 2.43. The monoisotopic (exact) mass is 372 g/mol. The van der Waals surface area contributed by atoms with Gasteiger partial charge in [0.05, 0.1) is 17.6 Å². The van der Waals surface area contributed by atoms with E-state index >= 15 is 0 Å². The third-order valence-corrected chi connectivity index (χ3v) is 6.54. The molecule has 1 aliphatic heterocycles. The van der Waals surface area contributed by atoms with E-state index in [-0.39, 0.29) is 10.7 Å². The van der Waals surface area contributed by atoms with Crippen LogP contribution in [0.15, 0.2) is 59.5 Å². The maximum atomic E-state index is 12.9. The Balaban J connectivity index is 1.97. The number of Topliss-reactive ketones (excluding diaryl/α,β-unsaturated/α-hetero) is 1. The smallest absolute Gasteiger partial charge is 0.297 e. The lowest BCUT2D eigenvalue weighted by molar-refractivity contribution is -0.123. The number of rotatable bonds is 4. The zero-order chi connectivity index (χ0) is 19.1. The van der Waals surface area contributed by atoms with Crippen molar-refractivity contribution in [1.29, 1.82) is 0 Å². The summed E-state index contributed by atoms with van der Waals surface area (Å²) in [4.78, 5) is 26.8. The number of nitrogens with zero attached hydrogens (tertiary/aromatic N) is 2. The minimum Gasteiger partial charge on any atom is -0.297 e. The Morgan fingerprint density at radius 2 is 1.58 bits per heavy atom. The second-order valence-corrected chi connectivity index (χ2v) is 8.57. The van der Waals surface area contributed by atoms with Crippen molar-refractivity contribution in [2.75, 3.05) is 18.5 Å². The molecule has 0 bridgehead atoms. The first-order valence-electron chi connectivity index (χ1n) is 8.15. The van der Waals surface area contributed by atoms with Crippen LogP contribution in [0.25, 0.3) is 0 Å². The van der Waals surface area contributed by atoms with Gasteiger partial charge < -0.3 is 0 Å². The maximum absolute atomic E-state index is 12.9. The maximum Gasteiger partial charge on any atom is 0.338 e. The van der Waals surface area contributed by atoms with Crippen LogP contribution in [0, 0.1) is 0 Å². The van der Waals surface area contributed by atoms with Crippen LogP contribution in [0.5, 0.6) is 0 Å². The normalized spacial score (nSPS) is 16.3. The molecule has 1 heterocycles. The summed E-state index contributed by atoms with van der Waals surface area (Å²) in [6.07, 6.45) is 0. The molecule has 136 valence electrons. The summed E-state index contributed by atoms with van der Waals surface area (Å²) >= 11 is 0.